The summed E-state index contributed by atoms with van der Waals surface area (Å²) in [6.45, 7) is 4.87. The monoisotopic (exact) mass is 230 g/mol. The van der Waals surface area contributed by atoms with E-state index in [2.05, 4.69) is 29.4 Å². The van der Waals surface area contributed by atoms with Crippen LogP contribution in [0.3, 0.4) is 0 Å². The molecule has 1 aromatic carbocycles. The van der Waals surface area contributed by atoms with Gasteiger partial charge in [-0.1, -0.05) is 38.1 Å². The Kier molecular flexibility index (Phi) is 3.54. The van der Waals surface area contributed by atoms with Crippen molar-refractivity contribution in [1.82, 2.24) is 10.2 Å². The minimum atomic E-state index is 0.218. The fourth-order valence-corrected chi connectivity index (χ4v) is 1.81. The van der Waals surface area contributed by atoms with Crippen LogP contribution in [0.1, 0.15) is 13.8 Å². The van der Waals surface area contributed by atoms with Gasteiger partial charge < -0.3 is 11.1 Å². The van der Waals surface area contributed by atoms with Crippen LogP contribution < -0.4 is 11.1 Å². The van der Waals surface area contributed by atoms with Gasteiger partial charge in [0.15, 0.2) is 5.82 Å². The Morgan fingerprint density at radius 3 is 2.76 bits per heavy atom. The third-order valence-electron chi connectivity index (χ3n) is 2.95. The highest BCUT2D eigenvalue weighted by Crippen LogP contribution is 2.20. The molecule has 0 aliphatic heterocycles. The number of nitrogens with one attached hydrogen (secondary N) is 1. The van der Waals surface area contributed by atoms with Crippen molar-refractivity contribution in [2.45, 2.75) is 19.9 Å². The van der Waals surface area contributed by atoms with Gasteiger partial charge in [0, 0.05) is 23.4 Å². The molecule has 1 heterocycles. The maximum absolute atomic E-state index is 5.75. The van der Waals surface area contributed by atoms with E-state index in [4.69, 9.17) is 5.73 Å². The fraction of sp³-hybridized carbons (Fsp3) is 0.385. The molecule has 1 atom stereocenters. The topological polar surface area (TPSA) is 63.8 Å². The van der Waals surface area contributed by atoms with E-state index >= 15 is 0 Å². The third kappa shape index (κ3) is 2.53. The standard InChI is InChI=1S/C13H18N4/c1-9(2)12(7-14)16-13-11-6-4-3-5-10(11)8-15-17-13/h3-6,8-9,12H,7,14H2,1-2H3,(H,16,17). The van der Waals surface area contributed by atoms with E-state index in [0.717, 1.165) is 16.6 Å². The first kappa shape index (κ1) is 11.8. The summed E-state index contributed by atoms with van der Waals surface area (Å²) in [4.78, 5) is 0. The van der Waals surface area contributed by atoms with Crippen molar-refractivity contribution < 1.29 is 0 Å². The second kappa shape index (κ2) is 5.10. The maximum atomic E-state index is 5.75. The first-order valence-electron chi connectivity index (χ1n) is 5.89. The van der Waals surface area contributed by atoms with Crippen molar-refractivity contribution in [2.75, 3.05) is 11.9 Å². The molecule has 0 aliphatic rings. The number of nitrogens with two attached hydrogens (primary N) is 1. The van der Waals surface area contributed by atoms with Gasteiger partial charge in [-0.2, -0.15) is 5.10 Å². The number of rotatable bonds is 4. The van der Waals surface area contributed by atoms with Gasteiger partial charge in [-0.3, -0.25) is 0 Å². The highest BCUT2D eigenvalue weighted by Gasteiger charge is 2.13. The van der Waals surface area contributed by atoms with Crippen LogP contribution in [0.15, 0.2) is 30.5 Å². The van der Waals surface area contributed by atoms with Crippen LogP contribution in [0.4, 0.5) is 5.82 Å². The van der Waals surface area contributed by atoms with E-state index in [-0.39, 0.29) is 6.04 Å². The summed E-state index contributed by atoms with van der Waals surface area (Å²) in [6.07, 6.45) is 1.77. The summed E-state index contributed by atoms with van der Waals surface area (Å²) in [7, 11) is 0. The minimum Gasteiger partial charge on any atom is -0.364 e. The van der Waals surface area contributed by atoms with Crippen LogP contribution >= 0.6 is 0 Å². The van der Waals surface area contributed by atoms with Crippen molar-refractivity contribution in [3.63, 3.8) is 0 Å². The smallest absolute Gasteiger partial charge is 0.156 e. The molecule has 0 fully saturated rings. The third-order valence-corrected chi connectivity index (χ3v) is 2.95. The van der Waals surface area contributed by atoms with E-state index in [9.17, 15) is 0 Å². The molecule has 0 saturated heterocycles. The van der Waals surface area contributed by atoms with Crippen molar-refractivity contribution in [3.05, 3.63) is 30.5 Å². The van der Waals surface area contributed by atoms with Crippen LogP contribution in [0.2, 0.25) is 0 Å². The van der Waals surface area contributed by atoms with Crippen molar-refractivity contribution in [3.8, 4) is 0 Å². The molecule has 0 aliphatic carbocycles. The highest BCUT2D eigenvalue weighted by atomic mass is 15.2. The summed E-state index contributed by atoms with van der Waals surface area (Å²) < 4.78 is 0. The second-order valence-electron chi connectivity index (χ2n) is 4.51. The zero-order chi connectivity index (χ0) is 12.3. The summed E-state index contributed by atoms with van der Waals surface area (Å²) in [5, 5.41) is 13.7. The van der Waals surface area contributed by atoms with Crippen LogP contribution in [0.25, 0.3) is 10.8 Å². The lowest BCUT2D eigenvalue weighted by Crippen LogP contribution is -2.34. The normalized spacial score (nSPS) is 12.9. The second-order valence-corrected chi connectivity index (χ2v) is 4.51. The highest BCUT2D eigenvalue weighted by molar-refractivity contribution is 5.90. The molecular weight excluding hydrogens is 212 g/mol. The van der Waals surface area contributed by atoms with Gasteiger partial charge in [0.05, 0.1) is 6.20 Å². The van der Waals surface area contributed by atoms with Crippen LogP contribution in [-0.2, 0) is 0 Å². The first-order chi connectivity index (χ1) is 8.22. The van der Waals surface area contributed by atoms with Gasteiger partial charge in [-0.15, -0.1) is 5.10 Å². The molecule has 2 rings (SSSR count). The predicted octanol–water partition coefficient (Wildman–Crippen LogP) is 2.02. The zero-order valence-electron chi connectivity index (χ0n) is 10.2. The molecule has 3 N–H and O–H groups in total. The lowest BCUT2D eigenvalue weighted by atomic mass is 10.0. The van der Waals surface area contributed by atoms with Gasteiger partial charge in [-0.25, -0.2) is 0 Å². The number of benzene rings is 1. The van der Waals surface area contributed by atoms with Crippen LogP contribution in [-0.4, -0.2) is 22.8 Å². The van der Waals surface area contributed by atoms with Crippen LogP contribution in [0, 0.1) is 5.92 Å². The molecule has 0 spiro atoms. The molecule has 2 aromatic rings. The maximum Gasteiger partial charge on any atom is 0.156 e. The van der Waals surface area contributed by atoms with E-state index in [1.54, 1.807) is 6.20 Å². The molecule has 17 heavy (non-hydrogen) atoms. The molecule has 1 aromatic heterocycles. The number of hydrogen-bond acceptors (Lipinski definition) is 4. The van der Waals surface area contributed by atoms with E-state index in [1.807, 2.05) is 24.3 Å². The van der Waals surface area contributed by atoms with Gasteiger partial charge in [0.1, 0.15) is 0 Å². The quantitative estimate of drug-likeness (QED) is 0.843. The summed E-state index contributed by atoms with van der Waals surface area (Å²) in [5.41, 5.74) is 5.75. The molecule has 0 amide bonds. The molecular formula is C13H18N4. The molecule has 4 nitrogen and oxygen atoms in total. The number of nitrogens with zero attached hydrogens (tertiary/aromatic N) is 2. The molecule has 4 heteroatoms. The van der Waals surface area contributed by atoms with Crippen LogP contribution in [0.5, 0.6) is 0 Å². The molecule has 0 saturated carbocycles. The first-order valence-corrected chi connectivity index (χ1v) is 5.89. The number of hydrogen-bond donors (Lipinski definition) is 2. The Hall–Kier alpha value is -1.68. The van der Waals surface area contributed by atoms with Gasteiger partial charge in [0.25, 0.3) is 0 Å². The Bertz CT molecular complexity index is 490. The zero-order valence-corrected chi connectivity index (χ0v) is 10.2. The van der Waals surface area contributed by atoms with Crippen molar-refractivity contribution in [2.24, 2.45) is 11.7 Å². The van der Waals surface area contributed by atoms with E-state index < -0.39 is 0 Å². The minimum absolute atomic E-state index is 0.218. The van der Waals surface area contributed by atoms with E-state index in [1.165, 1.54) is 0 Å². The summed E-state index contributed by atoms with van der Waals surface area (Å²) >= 11 is 0. The average Bonchev–Trinajstić information content (AvgIpc) is 2.35. The predicted molar refractivity (Wildman–Crippen MR) is 70.8 cm³/mol. The van der Waals surface area contributed by atoms with Gasteiger partial charge in [-0.05, 0) is 5.92 Å². The summed E-state index contributed by atoms with van der Waals surface area (Å²) in [6, 6.07) is 8.29. The SMILES string of the molecule is CC(C)C(CN)Nc1nncc2ccccc12. The average molecular weight is 230 g/mol. The Morgan fingerprint density at radius 1 is 1.29 bits per heavy atom. The number of fused-ring (bicyclic) bond motifs is 1. The Labute approximate surface area is 101 Å². The lowest BCUT2D eigenvalue weighted by Gasteiger charge is -2.21. The van der Waals surface area contributed by atoms with Crippen molar-refractivity contribution in [1.29, 1.82) is 0 Å². The molecule has 90 valence electrons. The molecule has 1 unspecified atom stereocenters. The fourth-order valence-electron chi connectivity index (χ4n) is 1.81. The molecule has 0 radical (unpaired) electrons. The Morgan fingerprint density at radius 2 is 2.06 bits per heavy atom. The number of aromatic nitrogens is 2. The van der Waals surface area contributed by atoms with E-state index in [0.29, 0.717) is 12.5 Å². The Balaban J connectivity index is 2.35. The van der Waals surface area contributed by atoms with Gasteiger partial charge >= 0.3 is 0 Å². The summed E-state index contributed by atoms with van der Waals surface area (Å²) in [5.74, 6) is 1.27. The largest absolute Gasteiger partial charge is 0.364 e. The lowest BCUT2D eigenvalue weighted by molar-refractivity contribution is 0.530. The van der Waals surface area contributed by atoms with Crippen molar-refractivity contribution >= 4 is 16.6 Å². The number of anilines is 1. The van der Waals surface area contributed by atoms with Gasteiger partial charge in [0.2, 0.25) is 0 Å². The molecule has 0 bridgehead atoms.